The van der Waals surface area contributed by atoms with Gasteiger partial charge in [-0.3, -0.25) is 4.79 Å². The molecule has 3 N–H and O–H groups in total. The zero-order valence-corrected chi connectivity index (χ0v) is 10.6. The first-order chi connectivity index (χ1) is 8.08. The van der Waals surface area contributed by atoms with E-state index in [1.807, 2.05) is 31.2 Å². The number of aryl methyl sites for hydroxylation is 1. The van der Waals surface area contributed by atoms with Crippen LogP contribution < -0.4 is 10.9 Å². The second kappa shape index (κ2) is 4.72. The number of hydrogen-bond donors (Lipinski definition) is 2. The van der Waals surface area contributed by atoms with E-state index < -0.39 is 0 Å². The van der Waals surface area contributed by atoms with Crippen molar-refractivity contribution in [3.63, 3.8) is 0 Å². The van der Waals surface area contributed by atoms with Gasteiger partial charge < -0.3 is 10.3 Å². The summed E-state index contributed by atoms with van der Waals surface area (Å²) in [5.74, 6) is 0. The number of aromatic nitrogens is 1. The predicted molar refractivity (Wildman–Crippen MR) is 70.1 cm³/mol. The normalized spacial score (nSPS) is 11.3. The molecule has 0 fully saturated rings. The summed E-state index contributed by atoms with van der Waals surface area (Å²) < 4.78 is 0. The maximum absolute atomic E-state index is 11.9. The van der Waals surface area contributed by atoms with Crippen molar-refractivity contribution >= 4 is 10.9 Å². The van der Waals surface area contributed by atoms with Crippen LogP contribution in [0.5, 0.6) is 0 Å². The van der Waals surface area contributed by atoms with Gasteiger partial charge >= 0.3 is 0 Å². The highest BCUT2D eigenvalue weighted by atomic mass is 16.1. The Morgan fingerprint density at radius 2 is 2.12 bits per heavy atom. The fourth-order valence-electron chi connectivity index (χ4n) is 1.94. The maximum Gasteiger partial charge on any atom is 0.257 e. The van der Waals surface area contributed by atoms with Crippen LogP contribution in [0.3, 0.4) is 0 Å². The van der Waals surface area contributed by atoms with E-state index in [9.17, 15) is 4.79 Å². The summed E-state index contributed by atoms with van der Waals surface area (Å²) in [6, 6.07) is 8.57. The third-order valence-electron chi connectivity index (χ3n) is 2.97. The Hall–Kier alpha value is -1.61. The van der Waals surface area contributed by atoms with Crippen LogP contribution in [0.15, 0.2) is 29.1 Å². The third-order valence-corrected chi connectivity index (χ3v) is 2.97. The largest absolute Gasteiger partial charge is 0.340 e. The van der Waals surface area contributed by atoms with Gasteiger partial charge in [0, 0.05) is 0 Å². The topological polar surface area (TPSA) is 49.5 Å². The summed E-state index contributed by atoms with van der Waals surface area (Å²) in [6.45, 7) is 6.99. The smallest absolute Gasteiger partial charge is 0.257 e. The molecule has 2 aromatic rings. The summed E-state index contributed by atoms with van der Waals surface area (Å²) in [6.07, 6.45) is 0. The lowest BCUT2D eigenvalue weighted by atomic mass is 10.1. The van der Waals surface area contributed by atoms with Crippen LogP contribution in [-0.4, -0.2) is 11.0 Å². The van der Waals surface area contributed by atoms with E-state index in [4.69, 9.17) is 0 Å². The number of H-pyrrole nitrogens is 1. The van der Waals surface area contributed by atoms with Crippen molar-refractivity contribution in [2.24, 2.45) is 0 Å². The number of quaternary nitrogens is 1. The van der Waals surface area contributed by atoms with Gasteiger partial charge in [-0.1, -0.05) is 18.2 Å². The highest BCUT2D eigenvalue weighted by molar-refractivity contribution is 5.81. The lowest BCUT2D eigenvalue weighted by Crippen LogP contribution is -2.87. The van der Waals surface area contributed by atoms with Gasteiger partial charge in [-0.2, -0.15) is 0 Å². The number of para-hydroxylation sites is 1. The molecule has 0 atom stereocenters. The number of nitrogens with two attached hydrogens (primary N) is 1. The van der Waals surface area contributed by atoms with Crippen LogP contribution in [0.4, 0.5) is 0 Å². The number of fused-ring (bicyclic) bond motifs is 1. The van der Waals surface area contributed by atoms with Gasteiger partial charge in [-0.25, -0.2) is 0 Å². The molecular formula is C14H19N2O+. The Balaban J connectivity index is 2.45. The molecule has 0 amide bonds. The molecule has 0 unspecified atom stereocenters. The van der Waals surface area contributed by atoms with Crippen molar-refractivity contribution in [2.75, 3.05) is 0 Å². The quantitative estimate of drug-likeness (QED) is 0.822. The second-order valence-corrected chi connectivity index (χ2v) is 4.85. The van der Waals surface area contributed by atoms with E-state index in [0.717, 1.165) is 28.6 Å². The summed E-state index contributed by atoms with van der Waals surface area (Å²) in [4.78, 5) is 14.9. The Bertz CT molecular complexity index is 584. The number of pyridine rings is 1. The summed E-state index contributed by atoms with van der Waals surface area (Å²) in [7, 11) is 0. The molecule has 17 heavy (non-hydrogen) atoms. The van der Waals surface area contributed by atoms with Crippen LogP contribution in [0.25, 0.3) is 10.9 Å². The first-order valence-corrected chi connectivity index (χ1v) is 6.03. The van der Waals surface area contributed by atoms with Crippen molar-refractivity contribution < 1.29 is 5.32 Å². The summed E-state index contributed by atoms with van der Waals surface area (Å²) >= 11 is 0. The minimum atomic E-state index is 0.0312. The Labute approximate surface area is 101 Å². The fraction of sp³-hybridized carbons (Fsp3) is 0.357. The number of aromatic amines is 1. The van der Waals surface area contributed by atoms with E-state index in [1.54, 1.807) is 0 Å². The van der Waals surface area contributed by atoms with Crippen molar-refractivity contribution in [1.29, 1.82) is 0 Å². The predicted octanol–water partition coefficient (Wildman–Crippen LogP) is 1.31. The molecule has 0 aliphatic heterocycles. The van der Waals surface area contributed by atoms with Gasteiger partial charge in [0.25, 0.3) is 5.56 Å². The van der Waals surface area contributed by atoms with Gasteiger partial charge in [-0.05, 0) is 37.8 Å². The average Bonchev–Trinajstić information content (AvgIpc) is 2.28. The number of benzene rings is 1. The molecule has 0 aliphatic rings. The molecule has 0 saturated carbocycles. The van der Waals surface area contributed by atoms with Crippen LogP contribution in [-0.2, 0) is 6.54 Å². The standard InChI is InChI=1S/C14H18N2O/c1-9(2)15-8-12-7-11-6-4-5-10(3)13(11)16-14(12)17/h4-7,9,15H,8H2,1-3H3,(H,16,17)/p+1. The molecule has 90 valence electrons. The van der Waals surface area contributed by atoms with Crippen molar-refractivity contribution in [3.8, 4) is 0 Å². The van der Waals surface area contributed by atoms with Crippen LogP contribution in [0.1, 0.15) is 25.0 Å². The summed E-state index contributed by atoms with van der Waals surface area (Å²) in [5, 5.41) is 3.27. The Morgan fingerprint density at radius 3 is 2.82 bits per heavy atom. The number of hydrogen-bond acceptors (Lipinski definition) is 1. The van der Waals surface area contributed by atoms with Gasteiger partial charge in [0.1, 0.15) is 6.54 Å². The number of rotatable bonds is 3. The monoisotopic (exact) mass is 231 g/mol. The highest BCUT2D eigenvalue weighted by Crippen LogP contribution is 2.14. The van der Waals surface area contributed by atoms with Gasteiger partial charge in [0.2, 0.25) is 0 Å². The minimum absolute atomic E-state index is 0.0312. The Morgan fingerprint density at radius 1 is 1.35 bits per heavy atom. The molecule has 3 nitrogen and oxygen atoms in total. The van der Waals surface area contributed by atoms with Crippen LogP contribution in [0.2, 0.25) is 0 Å². The SMILES string of the molecule is Cc1cccc2cc(C[NH2+]C(C)C)c(=O)[nH]c12. The molecule has 1 aromatic carbocycles. The highest BCUT2D eigenvalue weighted by Gasteiger charge is 2.06. The molecule has 0 aliphatic carbocycles. The molecule has 1 heterocycles. The Kier molecular flexibility index (Phi) is 3.29. The van der Waals surface area contributed by atoms with Crippen molar-refractivity contribution in [3.05, 3.63) is 45.7 Å². The number of nitrogens with one attached hydrogen (secondary N) is 1. The zero-order chi connectivity index (χ0) is 12.4. The average molecular weight is 231 g/mol. The van der Waals surface area contributed by atoms with Gasteiger partial charge in [0.05, 0.1) is 17.1 Å². The van der Waals surface area contributed by atoms with E-state index in [2.05, 4.69) is 24.1 Å². The maximum atomic E-state index is 11.9. The molecule has 2 rings (SSSR count). The molecule has 1 aromatic heterocycles. The first kappa shape index (κ1) is 11.9. The molecule has 0 radical (unpaired) electrons. The molecule has 0 spiro atoms. The minimum Gasteiger partial charge on any atom is -0.340 e. The molecule has 0 bridgehead atoms. The van der Waals surface area contributed by atoms with E-state index >= 15 is 0 Å². The zero-order valence-electron chi connectivity index (χ0n) is 10.6. The lowest BCUT2D eigenvalue weighted by Gasteiger charge is -2.06. The van der Waals surface area contributed by atoms with Gasteiger partial charge in [-0.15, -0.1) is 0 Å². The molecule has 3 heteroatoms. The third kappa shape index (κ3) is 2.56. The van der Waals surface area contributed by atoms with E-state index in [-0.39, 0.29) is 5.56 Å². The van der Waals surface area contributed by atoms with Crippen LogP contribution in [0, 0.1) is 6.92 Å². The summed E-state index contributed by atoms with van der Waals surface area (Å²) in [5.41, 5.74) is 2.94. The second-order valence-electron chi connectivity index (χ2n) is 4.85. The fourth-order valence-corrected chi connectivity index (χ4v) is 1.94. The van der Waals surface area contributed by atoms with E-state index in [0.29, 0.717) is 6.04 Å². The molecular weight excluding hydrogens is 212 g/mol. The van der Waals surface area contributed by atoms with Crippen molar-refractivity contribution in [1.82, 2.24) is 4.98 Å². The lowest BCUT2D eigenvalue weighted by molar-refractivity contribution is -0.698. The first-order valence-electron chi connectivity index (χ1n) is 6.03. The van der Waals surface area contributed by atoms with Crippen LogP contribution >= 0.6 is 0 Å². The van der Waals surface area contributed by atoms with Crippen molar-refractivity contribution in [2.45, 2.75) is 33.4 Å². The molecule has 0 saturated heterocycles. The van der Waals surface area contributed by atoms with Gasteiger partial charge in [0.15, 0.2) is 0 Å². The van der Waals surface area contributed by atoms with E-state index in [1.165, 1.54) is 0 Å².